The van der Waals surface area contributed by atoms with Gasteiger partial charge in [0.2, 0.25) is 0 Å². The van der Waals surface area contributed by atoms with Crippen molar-refractivity contribution in [2.45, 2.75) is 0 Å². The Balaban J connectivity index is 2.94. The zero-order chi connectivity index (χ0) is 6.69. The molecule has 0 aliphatic carbocycles. The molecule has 0 saturated carbocycles. The van der Waals surface area contributed by atoms with Crippen molar-refractivity contribution in [2.75, 3.05) is 5.73 Å². The molecule has 9 heavy (non-hydrogen) atoms. The molecule has 0 atom stereocenters. The van der Waals surface area contributed by atoms with Crippen LogP contribution in [0.1, 0.15) is 5.69 Å². The Morgan fingerprint density at radius 2 is 2.44 bits per heavy atom. The fourth-order valence-electron chi connectivity index (χ4n) is 0.346. The zero-order valence-electron chi connectivity index (χ0n) is 4.35. The number of rotatable bonds is 1. The summed E-state index contributed by atoms with van der Waals surface area (Å²) in [7, 11) is 0. The number of hydrogen-bond acceptors (Lipinski definition) is 6. The highest BCUT2D eigenvalue weighted by Crippen LogP contribution is 1.98. The number of nitrogens with zero attached hydrogens (tertiary/aromatic N) is 3. The Hall–Kier alpha value is -1.59. The van der Waals surface area contributed by atoms with Gasteiger partial charge in [-0.05, 0) is 10.3 Å². The van der Waals surface area contributed by atoms with Crippen molar-refractivity contribution < 1.29 is 9.84 Å². The van der Waals surface area contributed by atoms with E-state index in [2.05, 4.69) is 20.1 Å². The van der Waals surface area contributed by atoms with Gasteiger partial charge in [-0.15, -0.1) is 0 Å². The molecule has 3 N–H and O–H groups in total. The van der Waals surface area contributed by atoms with Gasteiger partial charge in [0.1, 0.15) is 0 Å². The van der Waals surface area contributed by atoms with Crippen molar-refractivity contribution in [1.29, 1.82) is 0 Å². The van der Waals surface area contributed by atoms with Crippen LogP contribution in [-0.4, -0.2) is 21.7 Å². The lowest BCUT2D eigenvalue weighted by atomic mass is 10.5. The zero-order valence-corrected chi connectivity index (χ0v) is 4.35. The number of hydrogen-bond donors (Lipinski definition) is 2. The average molecular weight is 128 g/mol. The van der Waals surface area contributed by atoms with E-state index in [4.69, 9.17) is 10.9 Å². The smallest absolute Gasteiger partial charge is 0.197 e. The molecule has 0 spiro atoms. The van der Waals surface area contributed by atoms with E-state index >= 15 is 0 Å². The lowest BCUT2D eigenvalue weighted by Gasteiger charge is -1.76. The summed E-state index contributed by atoms with van der Waals surface area (Å²) in [4.78, 5) is 0. The Kier molecular flexibility index (Phi) is 1.31. The standard InChI is InChI=1S/C3H4N4O2/c4-3-2(1-5-8)6-9-7-3/h1,8H,(H2,4,7)/b5-1+. The van der Waals surface area contributed by atoms with Crippen molar-refractivity contribution in [3.8, 4) is 0 Å². The van der Waals surface area contributed by atoms with Gasteiger partial charge < -0.3 is 10.9 Å². The van der Waals surface area contributed by atoms with Crippen LogP contribution in [0.5, 0.6) is 0 Å². The molecule has 6 nitrogen and oxygen atoms in total. The summed E-state index contributed by atoms with van der Waals surface area (Å²) in [6.07, 6.45) is 1.03. The van der Waals surface area contributed by atoms with E-state index in [-0.39, 0.29) is 11.5 Å². The number of aromatic nitrogens is 2. The lowest BCUT2D eigenvalue weighted by Crippen LogP contribution is -1.90. The first-order valence-electron chi connectivity index (χ1n) is 2.10. The normalized spacial score (nSPS) is 10.7. The molecule has 1 heterocycles. The second-order valence-corrected chi connectivity index (χ2v) is 1.28. The van der Waals surface area contributed by atoms with E-state index in [0.717, 1.165) is 6.21 Å². The lowest BCUT2D eigenvalue weighted by molar-refractivity contribution is 0.306. The van der Waals surface area contributed by atoms with Gasteiger partial charge in [-0.2, -0.15) is 0 Å². The summed E-state index contributed by atoms with van der Waals surface area (Å²) in [6.45, 7) is 0. The predicted octanol–water partition coefficient (Wildman–Crippen LogP) is -0.540. The fraction of sp³-hybridized carbons (Fsp3) is 0. The molecule has 6 heteroatoms. The fourth-order valence-corrected chi connectivity index (χ4v) is 0.346. The van der Waals surface area contributed by atoms with Crippen LogP contribution in [0, 0.1) is 0 Å². The molecule has 1 aromatic rings. The summed E-state index contributed by atoms with van der Waals surface area (Å²) in [5, 5.41) is 17.1. The monoisotopic (exact) mass is 128 g/mol. The Labute approximate surface area is 49.9 Å². The van der Waals surface area contributed by atoms with Crippen molar-refractivity contribution in [2.24, 2.45) is 5.16 Å². The van der Waals surface area contributed by atoms with E-state index in [1.54, 1.807) is 0 Å². The third-order valence-corrected chi connectivity index (χ3v) is 0.721. The van der Waals surface area contributed by atoms with Gasteiger partial charge in [-0.25, -0.2) is 4.63 Å². The summed E-state index contributed by atoms with van der Waals surface area (Å²) < 4.78 is 4.17. The summed E-state index contributed by atoms with van der Waals surface area (Å²) in [5.74, 6) is 0.104. The van der Waals surface area contributed by atoms with Crippen molar-refractivity contribution in [3.05, 3.63) is 5.69 Å². The van der Waals surface area contributed by atoms with Gasteiger partial charge in [-0.3, -0.25) is 0 Å². The number of nitrogens with two attached hydrogens (primary N) is 1. The van der Waals surface area contributed by atoms with Crippen LogP contribution in [0.3, 0.4) is 0 Å². The molecular formula is C3H4N4O2. The maximum atomic E-state index is 7.97. The van der Waals surface area contributed by atoms with E-state index < -0.39 is 0 Å². The summed E-state index contributed by atoms with van der Waals surface area (Å²) in [6, 6.07) is 0. The molecule has 0 fully saturated rings. The van der Waals surface area contributed by atoms with Crippen LogP contribution in [0.15, 0.2) is 9.78 Å². The molecule has 0 amide bonds. The van der Waals surface area contributed by atoms with Gasteiger partial charge >= 0.3 is 0 Å². The molecule has 0 bridgehead atoms. The summed E-state index contributed by atoms with van der Waals surface area (Å²) >= 11 is 0. The number of oxime groups is 1. The van der Waals surface area contributed by atoms with Crippen LogP contribution in [0.2, 0.25) is 0 Å². The Morgan fingerprint density at radius 3 is 2.89 bits per heavy atom. The molecule has 0 aliphatic rings. The highest BCUT2D eigenvalue weighted by molar-refractivity contribution is 5.81. The molecule has 0 radical (unpaired) electrons. The minimum absolute atomic E-state index is 0.104. The highest BCUT2D eigenvalue weighted by Gasteiger charge is 2.00. The number of anilines is 1. The molecule has 1 aromatic heterocycles. The quantitative estimate of drug-likeness (QED) is 0.300. The van der Waals surface area contributed by atoms with Gasteiger partial charge in [0.15, 0.2) is 11.5 Å². The highest BCUT2D eigenvalue weighted by atomic mass is 16.6. The molecule has 0 aliphatic heterocycles. The first kappa shape index (κ1) is 5.54. The Bertz CT molecular complexity index is 217. The van der Waals surface area contributed by atoms with E-state index in [0.29, 0.717) is 0 Å². The number of nitrogen functional groups attached to an aromatic ring is 1. The van der Waals surface area contributed by atoms with Crippen LogP contribution >= 0.6 is 0 Å². The maximum Gasteiger partial charge on any atom is 0.197 e. The van der Waals surface area contributed by atoms with E-state index in [9.17, 15) is 0 Å². The van der Waals surface area contributed by atoms with Gasteiger partial charge in [0.05, 0.1) is 6.21 Å². The topological polar surface area (TPSA) is 97.5 Å². The maximum absolute atomic E-state index is 7.97. The molecule has 0 unspecified atom stereocenters. The van der Waals surface area contributed by atoms with Gasteiger partial charge in [-0.1, -0.05) is 5.16 Å². The van der Waals surface area contributed by atoms with Crippen LogP contribution < -0.4 is 5.73 Å². The first-order chi connectivity index (χ1) is 4.34. The van der Waals surface area contributed by atoms with E-state index in [1.807, 2.05) is 0 Å². The first-order valence-corrected chi connectivity index (χ1v) is 2.10. The van der Waals surface area contributed by atoms with Crippen molar-refractivity contribution >= 4 is 12.0 Å². The second kappa shape index (κ2) is 2.12. The second-order valence-electron chi connectivity index (χ2n) is 1.28. The molecule has 0 saturated heterocycles. The van der Waals surface area contributed by atoms with Crippen molar-refractivity contribution in [1.82, 2.24) is 10.3 Å². The largest absolute Gasteiger partial charge is 0.411 e. The third kappa shape index (κ3) is 0.958. The SMILES string of the molecule is Nc1nonc1/C=N/O. The van der Waals surface area contributed by atoms with Crippen LogP contribution in [-0.2, 0) is 0 Å². The van der Waals surface area contributed by atoms with Crippen LogP contribution in [0.4, 0.5) is 5.82 Å². The molecular weight excluding hydrogens is 124 g/mol. The molecule has 0 aromatic carbocycles. The van der Waals surface area contributed by atoms with Crippen molar-refractivity contribution in [3.63, 3.8) is 0 Å². The van der Waals surface area contributed by atoms with Crippen LogP contribution in [0.25, 0.3) is 0 Å². The van der Waals surface area contributed by atoms with E-state index in [1.165, 1.54) is 0 Å². The minimum Gasteiger partial charge on any atom is -0.411 e. The van der Waals surface area contributed by atoms with Gasteiger partial charge in [0.25, 0.3) is 0 Å². The minimum atomic E-state index is 0.104. The third-order valence-electron chi connectivity index (χ3n) is 0.721. The molecule has 48 valence electrons. The summed E-state index contributed by atoms with van der Waals surface area (Å²) in [5.41, 5.74) is 5.38. The average Bonchev–Trinajstić information content (AvgIpc) is 2.18. The van der Waals surface area contributed by atoms with Gasteiger partial charge in [0, 0.05) is 0 Å². The Morgan fingerprint density at radius 1 is 1.67 bits per heavy atom. The molecule has 1 rings (SSSR count). The predicted molar refractivity (Wildman–Crippen MR) is 28.1 cm³/mol.